The number of rotatable bonds is 10. The lowest BCUT2D eigenvalue weighted by Crippen LogP contribution is -2.32. The van der Waals surface area contributed by atoms with Crippen molar-refractivity contribution in [1.82, 2.24) is 14.5 Å². The molecule has 4 aromatic rings. The van der Waals surface area contributed by atoms with E-state index in [2.05, 4.69) is 4.98 Å². The number of aryl methyl sites for hydroxylation is 2. The van der Waals surface area contributed by atoms with Crippen LogP contribution in [0, 0.1) is 5.82 Å². The van der Waals surface area contributed by atoms with Gasteiger partial charge in [-0.25, -0.2) is 9.37 Å². The van der Waals surface area contributed by atoms with Gasteiger partial charge in [0.25, 0.3) is 0 Å². The zero-order valence-electron chi connectivity index (χ0n) is 22.5. The third-order valence-corrected chi connectivity index (χ3v) is 8.81. The number of Topliss-reactive ketones (excluding diaryl/α,β-unsaturated/α-hetero) is 1. The summed E-state index contributed by atoms with van der Waals surface area (Å²) in [5, 5.41) is 10.9. The van der Waals surface area contributed by atoms with Gasteiger partial charge in [0.05, 0.1) is 18.9 Å². The molecule has 0 radical (unpaired) electrons. The van der Waals surface area contributed by atoms with Gasteiger partial charge in [0.2, 0.25) is 5.91 Å². The van der Waals surface area contributed by atoms with E-state index < -0.39 is 11.8 Å². The molecule has 212 valence electrons. The molecule has 5 rings (SSSR count). The van der Waals surface area contributed by atoms with Crippen LogP contribution >= 0.6 is 22.9 Å². The van der Waals surface area contributed by atoms with Crippen molar-refractivity contribution in [3.05, 3.63) is 92.3 Å². The van der Waals surface area contributed by atoms with Crippen molar-refractivity contribution >= 4 is 57.6 Å². The van der Waals surface area contributed by atoms with Crippen LogP contribution in [0.25, 0.3) is 17.0 Å². The maximum Gasteiger partial charge on any atom is 0.303 e. The number of aliphatic carboxylic acids is 1. The number of para-hydroxylation sites is 1. The molecular formula is C31H29ClFN3O4S. The highest BCUT2D eigenvalue weighted by atomic mass is 35.5. The first kappa shape index (κ1) is 28.7. The fourth-order valence-corrected chi connectivity index (χ4v) is 6.56. The van der Waals surface area contributed by atoms with Crippen LogP contribution < -0.4 is 0 Å². The number of aromatic nitrogens is 2. The molecule has 7 nitrogen and oxygen atoms in total. The summed E-state index contributed by atoms with van der Waals surface area (Å²) in [6, 6.07) is 10.3. The number of halogens is 2. The standard InChI is InChI=1S/C31H29ClFN3O4S/c1-35-18-23(22-7-2-3-8-26(22)35)28(37)10-4-6-19-15-25(33)20(14-24(19)32)16-29(38)36-13-5-9-27(36)31-34-17-21(41-31)11-12-30(39)40/h2-4,6-8,14-15,17-18,27H,5,9-13,16H2,1H3,(H,39,40)/b6-4+/t27-/m0/s1. The number of carbonyl (C=O) groups is 3. The normalized spacial score (nSPS) is 15.3. The van der Waals surface area contributed by atoms with Crippen molar-refractivity contribution in [3.8, 4) is 0 Å². The quantitative estimate of drug-likeness (QED) is 0.208. The van der Waals surface area contributed by atoms with Gasteiger partial charge >= 0.3 is 5.97 Å². The lowest BCUT2D eigenvalue weighted by molar-refractivity contribution is -0.137. The number of hydrogen-bond donors (Lipinski definition) is 1. The summed E-state index contributed by atoms with van der Waals surface area (Å²) in [5.41, 5.74) is 2.24. The summed E-state index contributed by atoms with van der Waals surface area (Å²) >= 11 is 7.88. The SMILES string of the molecule is Cn1cc(C(=O)C/C=C/c2cc(F)c(CC(=O)N3CCC[C@H]3c3ncc(CCC(=O)O)s3)cc2Cl)c2ccccc21. The van der Waals surface area contributed by atoms with E-state index in [1.807, 2.05) is 42.1 Å². The molecule has 3 heterocycles. The Labute approximate surface area is 245 Å². The van der Waals surface area contributed by atoms with Gasteiger partial charge in [0.15, 0.2) is 5.78 Å². The molecule has 1 aliphatic rings. The average molecular weight is 594 g/mol. The Morgan fingerprint density at radius 3 is 2.85 bits per heavy atom. The largest absolute Gasteiger partial charge is 0.481 e. The Morgan fingerprint density at radius 2 is 2.05 bits per heavy atom. The van der Waals surface area contributed by atoms with Crippen molar-refractivity contribution in [2.75, 3.05) is 6.54 Å². The number of ketones is 1. The minimum absolute atomic E-state index is 0.0285. The summed E-state index contributed by atoms with van der Waals surface area (Å²) < 4.78 is 17.0. The average Bonchev–Trinajstić information content (AvgIpc) is 3.69. The first-order chi connectivity index (χ1) is 19.7. The number of nitrogens with zero attached hydrogens (tertiary/aromatic N) is 3. The van der Waals surface area contributed by atoms with Crippen molar-refractivity contribution in [2.24, 2.45) is 7.05 Å². The monoisotopic (exact) mass is 593 g/mol. The minimum Gasteiger partial charge on any atom is -0.481 e. The van der Waals surface area contributed by atoms with Crippen LogP contribution in [0.3, 0.4) is 0 Å². The molecule has 0 spiro atoms. The third kappa shape index (κ3) is 6.41. The Morgan fingerprint density at radius 1 is 1.24 bits per heavy atom. The Kier molecular flexibility index (Phi) is 8.65. The number of hydrogen-bond acceptors (Lipinski definition) is 5. The predicted molar refractivity (Wildman–Crippen MR) is 158 cm³/mol. The van der Waals surface area contributed by atoms with Crippen molar-refractivity contribution in [2.45, 2.75) is 44.6 Å². The van der Waals surface area contributed by atoms with Gasteiger partial charge in [-0.3, -0.25) is 14.4 Å². The van der Waals surface area contributed by atoms with Crippen LogP contribution in [0.5, 0.6) is 0 Å². The molecular weight excluding hydrogens is 565 g/mol. The van der Waals surface area contributed by atoms with Gasteiger partial charge in [-0.2, -0.15) is 0 Å². The van der Waals surface area contributed by atoms with E-state index >= 15 is 4.39 Å². The van der Waals surface area contributed by atoms with Gasteiger partial charge in [-0.1, -0.05) is 42.0 Å². The number of likely N-dealkylation sites (tertiary alicyclic amines) is 1. The number of fused-ring (bicyclic) bond motifs is 1. The van der Waals surface area contributed by atoms with Crippen LogP contribution in [0.2, 0.25) is 5.02 Å². The molecule has 0 unspecified atom stereocenters. The van der Waals surface area contributed by atoms with E-state index in [1.165, 1.54) is 23.5 Å². The lowest BCUT2D eigenvalue weighted by Gasteiger charge is -2.23. The summed E-state index contributed by atoms with van der Waals surface area (Å²) in [6.45, 7) is 0.550. The second-order valence-electron chi connectivity index (χ2n) is 10.1. The zero-order valence-corrected chi connectivity index (χ0v) is 24.1. The Hall–Kier alpha value is -3.82. The van der Waals surface area contributed by atoms with Crippen LogP contribution in [0.4, 0.5) is 4.39 Å². The van der Waals surface area contributed by atoms with Crippen molar-refractivity contribution in [3.63, 3.8) is 0 Å². The zero-order chi connectivity index (χ0) is 29.1. The second-order valence-corrected chi connectivity index (χ2v) is 11.7. The van der Waals surface area contributed by atoms with E-state index in [9.17, 15) is 14.4 Å². The molecule has 1 N–H and O–H groups in total. The topological polar surface area (TPSA) is 92.5 Å². The molecule has 1 fully saturated rings. The summed E-state index contributed by atoms with van der Waals surface area (Å²) in [4.78, 5) is 44.0. The summed E-state index contributed by atoms with van der Waals surface area (Å²) in [6.07, 6.45) is 8.77. The summed E-state index contributed by atoms with van der Waals surface area (Å²) in [7, 11) is 1.90. The molecule has 0 bridgehead atoms. The number of thiazole rings is 1. The number of amides is 1. The van der Waals surface area contributed by atoms with Gasteiger partial charge in [-0.15, -0.1) is 11.3 Å². The van der Waals surface area contributed by atoms with Crippen molar-refractivity contribution in [1.29, 1.82) is 0 Å². The van der Waals surface area contributed by atoms with E-state index in [-0.39, 0.29) is 42.6 Å². The molecule has 0 aliphatic carbocycles. The van der Waals surface area contributed by atoms with Crippen LogP contribution in [0.1, 0.15) is 63.1 Å². The van der Waals surface area contributed by atoms with Crippen LogP contribution in [-0.2, 0) is 29.5 Å². The fourth-order valence-electron chi connectivity index (χ4n) is 5.24. The van der Waals surface area contributed by atoms with Gasteiger partial charge in [0, 0.05) is 58.8 Å². The van der Waals surface area contributed by atoms with E-state index in [1.54, 1.807) is 23.2 Å². The first-order valence-corrected chi connectivity index (χ1v) is 14.6. The molecule has 0 saturated carbocycles. The highest BCUT2D eigenvalue weighted by Gasteiger charge is 2.32. The minimum atomic E-state index is -0.866. The Bertz CT molecular complexity index is 1660. The number of carbonyl (C=O) groups excluding carboxylic acids is 2. The highest BCUT2D eigenvalue weighted by molar-refractivity contribution is 7.11. The van der Waals surface area contributed by atoms with Gasteiger partial charge < -0.3 is 14.6 Å². The van der Waals surface area contributed by atoms with E-state index in [4.69, 9.17) is 16.7 Å². The van der Waals surface area contributed by atoms with Crippen LogP contribution in [0.15, 0.2) is 54.9 Å². The number of carboxylic acid groups (broad SMARTS) is 1. The van der Waals surface area contributed by atoms with E-state index in [0.29, 0.717) is 29.1 Å². The molecule has 41 heavy (non-hydrogen) atoms. The maximum atomic E-state index is 15.1. The molecule has 1 aliphatic heterocycles. The summed E-state index contributed by atoms with van der Waals surface area (Å²) in [5.74, 6) is -1.67. The first-order valence-electron chi connectivity index (χ1n) is 13.4. The fraction of sp³-hybridized carbons (Fsp3) is 0.290. The predicted octanol–water partition coefficient (Wildman–Crippen LogP) is 6.64. The van der Waals surface area contributed by atoms with Gasteiger partial charge in [-0.05, 0) is 48.6 Å². The molecule has 2 aromatic heterocycles. The molecule has 1 saturated heterocycles. The lowest BCUT2D eigenvalue weighted by atomic mass is 10.0. The number of benzene rings is 2. The highest BCUT2D eigenvalue weighted by Crippen LogP contribution is 2.35. The Balaban J connectivity index is 1.23. The van der Waals surface area contributed by atoms with Gasteiger partial charge in [0.1, 0.15) is 10.8 Å². The van der Waals surface area contributed by atoms with Crippen LogP contribution in [-0.4, -0.2) is 43.8 Å². The van der Waals surface area contributed by atoms with E-state index in [0.717, 1.165) is 33.6 Å². The molecule has 1 atom stereocenters. The number of allylic oxidation sites excluding steroid dienone is 1. The van der Waals surface area contributed by atoms with Crippen molar-refractivity contribution < 1.29 is 23.9 Å². The molecule has 10 heteroatoms. The second kappa shape index (κ2) is 12.4. The smallest absolute Gasteiger partial charge is 0.303 e. The number of carboxylic acids is 1. The maximum absolute atomic E-state index is 15.1. The third-order valence-electron chi connectivity index (χ3n) is 7.32. The molecule has 1 amide bonds. The molecule has 2 aromatic carbocycles.